The summed E-state index contributed by atoms with van der Waals surface area (Å²) in [5, 5.41) is 0. The summed E-state index contributed by atoms with van der Waals surface area (Å²) < 4.78 is 0.618. The van der Waals surface area contributed by atoms with E-state index < -0.39 is 0 Å². The van der Waals surface area contributed by atoms with Crippen molar-refractivity contribution >= 4 is 39.0 Å². The maximum Gasteiger partial charge on any atom is 0.235 e. The molecule has 6 heteroatoms. The quantitative estimate of drug-likeness (QED) is 0.763. The molecule has 1 aromatic rings. The van der Waals surface area contributed by atoms with Gasteiger partial charge in [0, 0.05) is 6.20 Å². The Hall–Kier alpha value is -1.43. The first-order valence-electron chi connectivity index (χ1n) is 4.30. The SMILES string of the molecule is Nc1c(Br)cncc1N1CC(=O)CC1=O. The van der Waals surface area contributed by atoms with Gasteiger partial charge >= 0.3 is 0 Å². The summed E-state index contributed by atoms with van der Waals surface area (Å²) in [7, 11) is 0. The van der Waals surface area contributed by atoms with Gasteiger partial charge in [0.2, 0.25) is 5.91 Å². The van der Waals surface area contributed by atoms with Crippen LogP contribution in [0.15, 0.2) is 16.9 Å². The molecule has 1 saturated heterocycles. The molecule has 2 heterocycles. The third-order valence-corrected chi connectivity index (χ3v) is 2.82. The predicted molar refractivity (Wildman–Crippen MR) is 58.3 cm³/mol. The molecule has 1 aliphatic heterocycles. The van der Waals surface area contributed by atoms with Gasteiger partial charge in [-0.05, 0) is 15.9 Å². The first kappa shape index (κ1) is 10.1. The first-order valence-corrected chi connectivity index (χ1v) is 5.10. The Kier molecular flexibility index (Phi) is 2.44. The summed E-state index contributed by atoms with van der Waals surface area (Å²) in [5.41, 5.74) is 6.69. The number of nitrogens with zero attached hydrogens (tertiary/aromatic N) is 2. The van der Waals surface area contributed by atoms with Crippen molar-refractivity contribution < 1.29 is 9.59 Å². The lowest BCUT2D eigenvalue weighted by molar-refractivity contribution is -0.121. The predicted octanol–water partition coefficient (Wildman–Crippen LogP) is 0.732. The fraction of sp³-hybridized carbons (Fsp3) is 0.222. The Morgan fingerprint density at radius 1 is 1.40 bits per heavy atom. The summed E-state index contributed by atoms with van der Waals surface area (Å²) in [6.07, 6.45) is 2.98. The highest BCUT2D eigenvalue weighted by Gasteiger charge is 2.30. The largest absolute Gasteiger partial charge is 0.396 e. The molecule has 2 N–H and O–H groups in total. The van der Waals surface area contributed by atoms with Gasteiger partial charge in [0.1, 0.15) is 0 Å². The summed E-state index contributed by atoms with van der Waals surface area (Å²) >= 11 is 3.22. The van der Waals surface area contributed by atoms with E-state index in [9.17, 15) is 9.59 Å². The highest BCUT2D eigenvalue weighted by Crippen LogP contribution is 2.30. The molecular formula is C9H8BrN3O2. The van der Waals surface area contributed by atoms with Crippen molar-refractivity contribution in [2.75, 3.05) is 17.2 Å². The number of nitrogen functional groups attached to an aromatic ring is 1. The molecule has 0 aliphatic carbocycles. The Balaban J connectivity index is 2.42. The molecule has 0 saturated carbocycles. The highest BCUT2D eigenvalue weighted by molar-refractivity contribution is 9.10. The van der Waals surface area contributed by atoms with Crippen LogP contribution in [0.2, 0.25) is 0 Å². The average molecular weight is 270 g/mol. The average Bonchev–Trinajstić information content (AvgIpc) is 2.50. The summed E-state index contributed by atoms with van der Waals surface area (Å²) in [5.74, 6) is -0.328. The van der Waals surface area contributed by atoms with Gasteiger partial charge in [0.05, 0.1) is 35.0 Å². The van der Waals surface area contributed by atoms with E-state index >= 15 is 0 Å². The number of carbonyl (C=O) groups is 2. The Labute approximate surface area is 94.4 Å². The molecule has 1 aliphatic rings. The molecule has 1 fully saturated rings. The number of rotatable bonds is 1. The number of anilines is 2. The van der Waals surface area contributed by atoms with Gasteiger partial charge in [-0.25, -0.2) is 0 Å². The minimum absolute atomic E-state index is 0.0496. The zero-order valence-corrected chi connectivity index (χ0v) is 9.32. The molecule has 0 radical (unpaired) electrons. The standard InChI is InChI=1S/C9H8BrN3O2/c10-6-2-12-3-7(9(6)11)13-4-5(14)1-8(13)15/h2-3H,1,4H2,(H2,11,12). The van der Waals surface area contributed by atoms with Crippen LogP contribution in [0.1, 0.15) is 6.42 Å². The van der Waals surface area contributed by atoms with E-state index in [0.29, 0.717) is 15.8 Å². The number of Topliss-reactive ketones (excluding diaryl/α,β-unsaturated/α-hetero) is 1. The number of halogens is 1. The highest BCUT2D eigenvalue weighted by atomic mass is 79.9. The number of ketones is 1. The second kappa shape index (κ2) is 3.62. The zero-order chi connectivity index (χ0) is 11.0. The van der Waals surface area contributed by atoms with Crippen LogP contribution in [0.5, 0.6) is 0 Å². The second-order valence-corrected chi connectivity index (χ2v) is 4.10. The summed E-state index contributed by atoms with van der Waals surface area (Å²) in [6, 6.07) is 0. The third-order valence-electron chi connectivity index (χ3n) is 2.19. The number of hydrogen-bond donors (Lipinski definition) is 1. The third kappa shape index (κ3) is 1.72. The summed E-state index contributed by atoms with van der Waals surface area (Å²) in [6.45, 7) is 0.0845. The Morgan fingerprint density at radius 3 is 2.73 bits per heavy atom. The number of pyridine rings is 1. The first-order chi connectivity index (χ1) is 7.09. The van der Waals surface area contributed by atoms with Crippen molar-refractivity contribution in [3.63, 3.8) is 0 Å². The van der Waals surface area contributed by atoms with E-state index in [2.05, 4.69) is 20.9 Å². The molecule has 5 nitrogen and oxygen atoms in total. The summed E-state index contributed by atoms with van der Waals surface area (Å²) in [4.78, 5) is 27.8. The maximum absolute atomic E-state index is 11.5. The molecule has 1 aromatic heterocycles. The fourth-order valence-electron chi connectivity index (χ4n) is 1.45. The van der Waals surface area contributed by atoms with Gasteiger partial charge in [0.25, 0.3) is 0 Å². The number of nitrogens with two attached hydrogens (primary N) is 1. The Bertz CT molecular complexity index is 447. The van der Waals surface area contributed by atoms with E-state index in [1.54, 1.807) is 6.20 Å². The molecule has 0 spiro atoms. The van der Waals surface area contributed by atoms with Crippen molar-refractivity contribution in [1.82, 2.24) is 4.98 Å². The van der Waals surface area contributed by atoms with Gasteiger partial charge in [-0.2, -0.15) is 0 Å². The second-order valence-electron chi connectivity index (χ2n) is 3.25. The van der Waals surface area contributed by atoms with Crippen molar-refractivity contribution in [2.45, 2.75) is 6.42 Å². The van der Waals surface area contributed by atoms with Gasteiger partial charge in [-0.15, -0.1) is 0 Å². The van der Waals surface area contributed by atoms with Crippen LogP contribution in [0, 0.1) is 0 Å². The van der Waals surface area contributed by atoms with Crippen LogP contribution in [0.4, 0.5) is 11.4 Å². The molecule has 0 aromatic carbocycles. The van der Waals surface area contributed by atoms with Crippen molar-refractivity contribution in [1.29, 1.82) is 0 Å². The van der Waals surface area contributed by atoms with Crippen LogP contribution in [-0.2, 0) is 9.59 Å². The minimum atomic E-state index is -0.230. The van der Waals surface area contributed by atoms with E-state index in [1.807, 2.05) is 0 Å². The molecular weight excluding hydrogens is 262 g/mol. The molecule has 15 heavy (non-hydrogen) atoms. The van der Waals surface area contributed by atoms with Crippen LogP contribution in [-0.4, -0.2) is 23.2 Å². The lowest BCUT2D eigenvalue weighted by Crippen LogP contribution is -2.25. The molecule has 1 amide bonds. The van der Waals surface area contributed by atoms with Crippen LogP contribution in [0.25, 0.3) is 0 Å². The van der Waals surface area contributed by atoms with Crippen LogP contribution in [0.3, 0.4) is 0 Å². The number of carbonyl (C=O) groups excluding carboxylic acids is 2. The van der Waals surface area contributed by atoms with Gasteiger partial charge in [-0.1, -0.05) is 0 Å². The fourth-order valence-corrected chi connectivity index (χ4v) is 1.78. The number of amides is 1. The van der Waals surface area contributed by atoms with Gasteiger partial charge in [0.15, 0.2) is 5.78 Å². The van der Waals surface area contributed by atoms with E-state index in [0.717, 1.165) is 0 Å². The lowest BCUT2D eigenvalue weighted by atomic mass is 10.3. The molecule has 78 valence electrons. The van der Waals surface area contributed by atoms with Gasteiger partial charge in [-0.3, -0.25) is 14.6 Å². The van der Waals surface area contributed by atoms with E-state index in [-0.39, 0.29) is 24.7 Å². The molecule has 2 rings (SSSR count). The minimum Gasteiger partial charge on any atom is -0.396 e. The molecule has 0 bridgehead atoms. The maximum atomic E-state index is 11.5. The smallest absolute Gasteiger partial charge is 0.235 e. The zero-order valence-electron chi connectivity index (χ0n) is 7.74. The van der Waals surface area contributed by atoms with E-state index in [1.165, 1.54) is 11.1 Å². The monoisotopic (exact) mass is 269 g/mol. The van der Waals surface area contributed by atoms with Crippen molar-refractivity contribution in [2.24, 2.45) is 0 Å². The number of aromatic nitrogens is 1. The molecule has 0 atom stereocenters. The Morgan fingerprint density at radius 2 is 2.13 bits per heavy atom. The van der Waals surface area contributed by atoms with Crippen LogP contribution < -0.4 is 10.6 Å². The number of hydrogen-bond acceptors (Lipinski definition) is 4. The topological polar surface area (TPSA) is 76.3 Å². The normalized spacial score (nSPS) is 16.2. The van der Waals surface area contributed by atoms with Crippen molar-refractivity contribution in [3.05, 3.63) is 16.9 Å². The lowest BCUT2D eigenvalue weighted by Gasteiger charge is -2.16. The van der Waals surface area contributed by atoms with Gasteiger partial charge < -0.3 is 10.6 Å². The van der Waals surface area contributed by atoms with Crippen LogP contribution >= 0.6 is 15.9 Å². The molecule has 0 unspecified atom stereocenters. The van der Waals surface area contributed by atoms with E-state index in [4.69, 9.17) is 5.73 Å². The van der Waals surface area contributed by atoms with Crippen molar-refractivity contribution in [3.8, 4) is 0 Å².